The SMILES string of the molecule is CC1CCC(CC2(C)CC34OC3(CC2C(=O)O)O4)CC1. The molecule has 2 saturated carbocycles. The van der Waals surface area contributed by atoms with Gasteiger partial charge in [-0.25, -0.2) is 0 Å². The zero-order valence-electron chi connectivity index (χ0n) is 12.4. The molecule has 4 nitrogen and oxygen atoms in total. The molecule has 2 atom stereocenters. The molecule has 0 aromatic carbocycles. The molecule has 0 spiro atoms. The lowest BCUT2D eigenvalue weighted by molar-refractivity contribution is -0.148. The molecule has 4 aliphatic rings. The number of hydrogen-bond acceptors (Lipinski definition) is 3. The number of aliphatic carboxylic acids is 1. The molecule has 4 heteroatoms. The Balaban J connectivity index is 1.50. The standard InChI is InChI=1S/C16H24O4/c1-10-3-5-11(6-4-10)7-14(2)9-16-15(19-16,20-16)8-12(14)13(17)18/h10-12H,3-9H2,1-2H3,(H,17,18). The number of rotatable bonds is 3. The van der Waals surface area contributed by atoms with E-state index in [1.54, 1.807) is 0 Å². The second-order valence-corrected chi connectivity index (χ2v) is 7.97. The van der Waals surface area contributed by atoms with Crippen molar-refractivity contribution >= 4 is 5.97 Å². The van der Waals surface area contributed by atoms with E-state index in [0.29, 0.717) is 12.3 Å². The number of carbonyl (C=O) groups is 1. The summed E-state index contributed by atoms with van der Waals surface area (Å²) < 4.78 is 11.3. The van der Waals surface area contributed by atoms with E-state index in [4.69, 9.17) is 9.47 Å². The Morgan fingerprint density at radius 2 is 1.85 bits per heavy atom. The Bertz CT molecular complexity index is 445. The molecule has 2 saturated heterocycles. The third-order valence-electron chi connectivity index (χ3n) is 6.30. The zero-order valence-corrected chi connectivity index (χ0v) is 12.4. The van der Waals surface area contributed by atoms with Crippen molar-refractivity contribution in [3.63, 3.8) is 0 Å². The van der Waals surface area contributed by atoms with E-state index in [1.807, 2.05) is 0 Å². The van der Waals surface area contributed by atoms with Crippen LogP contribution in [0.25, 0.3) is 0 Å². The van der Waals surface area contributed by atoms with Gasteiger partial charge in [0.2, 0.25) is 11.6 Å². The van der Waals surface area contributed by atoms with Gasteiger partial charge < -0.3 is 14.6 Å². The van der Waals surface area contributed by atoms with Crippen molar-refractivity contribution in [2.75, 3.05) is 0 Å². The minimum absolute atomic E-state index is 0.173. The summed E-state index contributed by atoms with van der Waals surface area (Å²) in [6.45, 7) is 4.47. The van der Waals surface area contributed by atoms with Gasteiger partial charge in [0.1, 0.15) is 0 Å². The Morgan fingerprint density at radius 1 is 1.20 bits per heavy atom. The summed E-state index contributed by atoms with van der Waals surface area (Å²) in [5.41, 5.74) is -0.173. The molecular weight excluding hydrogens is 256 g/mol. The lowest BCUT2D eigenvalue weighted by Gasteiger charge is -2.40. The van der Waals surface area contributed by atoms with Crippen LogP contribution in [0.1, 0.15) is 58.8 Å². The molecule has 0 radical (unpaired) electrons. The molecule has 4 fully saturated rings. The van der Waals surface area contributed by atoms with Crippen molar-refractivity contribution < 1.29 is 19.4 Å². The zero-order chi connectivity index (χ0) is 14.2. The van der Waals surface area contributed by atoms with E-state index in [1.165, 1.54) is 25.7 Å². The normalized spacial score (nSPS) is 56.6. The van der Waals surface area contributed by atoms with E-state index in [2.05, 4.69) is 13.8 Å². The molecule has 2 aliphatic carbocycles. The van der Waals surface area contributed by atoms with Crippen LogP contribution in [0.15, 0.2) is 0 Å². The maximum absolute atomic E-state index is 11.7. The van der Waals surface area contributed by atoms with Crippen LogP contribution in [0.2, 0.25) is 0 Å². The Hall–Kier alpha value is -0.610. The molecule has 0 aromatic heterocycles. The fourth-order valence-electron chi connectivity index (χ4n) is 4.90. The average Bonchev–Trinajstić information content (AvgIpc) is 3.16. The van der Waals surface area contributed by atoms with E-state index < -0.39 is 11.8 Å². The van der Waals surface area contributed by atoms with Crippen LogP contribution in [-0.4, -0.2) is 22.7 Å². The lowest BCUT2D eigenvalue weighted by atomic mass is 9.62. The Morgan fingerprint density at radius 3 is 2.45 bits per heavy atom. The highest BCUT2D eigenvalue weighted by atomic mass is 17.0. The number of epoxide rings is 2. The summed E-state index contributed by atoms with van der Waals surface area (Å²) in [6.07, 6.45) is 7.42. The van der Waals surface area contributed by atoms with Gasteiger partial charge in [0.05, 0.1) is 5.92 Å². The predicted octanol–water partition coefficient (Wildman–Crippen LogP) is 3.16. The van der Waals surface area contributed by atoms with Crippen molar-refractivity contribution in [3.05, 3.63) is 0 Å². The quantitative estimate of drug-likeness (QED) is 0.807. The molecule has 0 aromatic rings. The lowest BCUT2D eigenvalue weighted by Crippen LogP contribution is -2.41. The minimum atomic E-state index is -0.675. The number of carboxylic acids is 1. The summed E-state index contributed by atoms with van der Waals surface area (Å²) in [7, 11) is 0. The third kappa shape index (κ3) is 1.70. The van der Waals surface area contributed by atoms with Crippen LogP contribution in [0.3, 0.4) is 0 Å². The van der Waals surface area contributed by atoms with Crippen LogP contribution in [0.5, 0.6) is 0 Å². The van der Waals surface area contributed by atoms with Gasteiger partial charge >= 0.3 is 5.97 Å². The maximum Gasteiger partial charge on any atom is 0.307 e. The summed E-state index contributed by atoms with van der Waals surface area (Å²) in [5.74, 6) is -0.345. The van der Waals surface area contributed by atoms with Crippen LogP contribution in [0, 0.1) is 23.2 Å². The van der Waals surface area contributed by atoms with Gasteiger partial charge in [-0.05, 0) is 23.7 Å². The van der Waals surface area contributed by atoms with Gasteiger partial charge in [0, 0.05) is 12.8 Å². The summed E-state index contributed by atoms with van der Waals surface area (Å²) in [6, 6.07) is 0. The molecule has 0 bridgehead atoms. The minimum Gasteiger partial charge on any atom is -0.481 e. The molecule has 20 heavy (non-hydrogen) atoms. The summed E-state index contributed by atoms with van der Waals surface area (Å²) in [5, 5.41) is 9.60. The van der Waals surface area contributed by atoms with Gasteiger partial charge in [0.15, 0.2) is 0 Å². The first-order valence-corrected chi connectivity index (χ1v) is 8.01. The molecule has 2 heterocycles. The van der Waals surface area contributed by atoms with Crippen LogP contribution in [0.4, 0.5) is 0 Å². The smallest absolute Gasteiger partial charge is 0.307 e. The van der Waals surface area contributed by atoms with Gasteiger partial charge in [-0.3, -0.25) is 4.79 Å². The number of ether oxygens (including phenoxy) is 2. The topological polar surface area (TPSA) is 62.4 Å². The number of carboxylic acid groups (broad SMARTS) is 1. The molecule has 4 rings (SSSR count). The van der Waals surface area contributed by atoms with Crippen LogP contribution >= 0.6 is 0 Å². The van der Waals surface area contributed by atoms with Crippen LogP contribution in [-0.2, 0) is 14.3 Å². The molecular formula is C16H24O4. The average molecular weight is 280 g/mol. The van der Waals surface area contributed by atoms with Crippen LogP contribution < -0.4 is 0 Å². The monoisotopic (exact) mass is 280 g/mol. The first-order valence-electron chi connectivity index (χ1n) is 8.01. The van der Waals surface area contributed by atoms with Crippen molar-refractivity contribution in [1.82, 2.24) is 0 Å². The van der Waals surface area contributed by atoms with Gasteiger partial charge in [-0.1, -0.05) is 39.5 Å². The first-order chi connectivity index (χ1) is 9.38. The fourth-order valence-corrected chi connectivity index (χ4v) is 4.90. The van der Waals surface area contributed by atoms with Crippen molar-refractivity contribution in [2.24, 2.45) is 23.2 Å². The molecule has 0 amide bonds. The number of hydrogen-bond donors (Lipinski definition) is 1. The fraction of sp³-hybridized carbons (Fsp3) is 0.938. The highest BCUT2D eigenvalue weighted by Gasteiger charge is 2.94. The predicted molar refractivity (Wildman–Crippen MR) is 71.8 cm³/mol. The first kappa shape index (κ1) is 13.1. The van der Waals surface area contributed by atoms with E-state index in [0.717, 1.165) is 18.8 Å². The van der Waals surface area contributed by atoms with E-state index in [-0.39, 0.29) is 17.1 Å². The van der Waals surface area contributed by atoms with Crippen molar-refractivity contribution in [1.29, 1.82) is 0 Å². The van der Waals surface area contributed by atoms with Gasteiger partial charge in [-0.15, -0.1) is 0 Å². The van der Waals surface area contributed by atoms with E-state index >= 15 is 0 Å². The van der Waals surface area contributed by atoms with Gasteiger partial charge in [0.25, 0.3) is 0 Å². The van der Waals surface area contributed by atoms with Crippen molar-refractivity contribution in [2.45, 2.75) is 70.4 Å². The molecule has 1 N–H and O–H groups in total. The Kier molecular flexibility index (Phi) is 2.47. The third-order valence-corrected chi connectivity index (χ3v) is 6.30. The molecule has 112 valence electrons. The van der Waals surface area contributed by atoms with Crippen molar-refractivity contribution in [3.8, 4) is 0 Å². The van der Waals surface area contributed by atoms with Gasteiger partial charge in [-0.2, -0.15) is 0 Å². The van der Waals surface area contributed by atoms with E-state index in [9.17, 15) is 9.90 Å². The molecule has 2 unspecified atom stereocenters. The highest BCUT2D eigenvalue weighted by Crippen LogP contribution is 2.78. The molecule has 2 aliphatic heterocycles. The highest BCUT2D eigenvalue weighted by molar-refractivity contribution is 5.72. The Labute approximate surface area is 119 Å². The maximum atomic E-state index is 11.7. The largest absolute Gasteiger partial charge is 0.481 e. The summed E-state index contributed by atoms with van der Waals surface area (Å²) >= 11 is 0. The second-order valence-electron chi connectivity index (χ2n) is 7.97. The summed E-state index contributed by atoms with van der Waals surface area (Å²) in [4.78, 5) is 11.7. The second kappa shape index (κ2) is 3.77.